The van der Waals surface area contributed by atoms with Gasteiger partial charge in [0.15, 0.2) is 5.92 Å². The molecule has 5 nitrogen and oxygen atoms in total. The van der Waals surface area contributed by atoms with E-state index in [2.05, 4.69) is 0 Å². The fourth-order valence-electron chi connectivity index (χ4n) is 1.30. The molecule has 0 unspecified atom stereocenters. The van der Waals surface area contributed by atoms with Crippen molar-refractivity contribution in [2.75, 3.05) is 19.8 Å². The zero-order chi connectivity index (χ0) is 13.8. The van der Waals surface area contributed by atoms with E-state index in [1.807, 2.05) is 13.8 Å². The van der Waals surface area contributed by atoms with Crippen molar-refractivity contribution in [1.29, 1.82) is 0 Å². The summed E-state index contributed by atoms with van der Waals surface area (Å²) in [4.78, 5) is 23.3. The number of rotatable bonds is 10. The number of aliphatic hydroxyl groups excluding tert-OH is 1. The van der Waals surface area contributed by atoms with Gasteiger partial charge in [-0.05, 0) is 19.3 Å². The van der Waals surface area contributed by atoms with E-state index in [4.69, 9.17) is 14.6 Å². The summed E-state index contributed by atoms with van der Waals surface area (Å²) in [5.74, 6) is -2.19. The third-order valence-corrected chi connectivity index (χ3v) is 2.47. The molecule has 0 aromatic carbocycles. The lowest BCUT2D eigenvalue weighted by Crippen LogP contribution is -2.29. The monoisotopic (exact) mass is 260 g/mol. The summed E-state index contributed by atoms with van der Waals surface area (Å²) in [6, 6.07) is 0. The summed E-state index contributed by atoms with van der Waals surface area (Å²) in [6.45, 7) is 4.34. The standard InChI is InChI=1S/C13H24O5/c1-3-5-9-17-12(15)11(7-8-14)13(16)18-10-6-4-2/h11,14H,3-10H2,1-2H3. The Morgan fingerprint density at radius 2 is 1.44 bits per heavy atom. The largest absolute Gasteiger partial charge is 0.465 e. The van der Waals surface area contributed by atoms with Crippen molar-refractivity contribution < 1.29 is 24.2 Å². The molecule has 106 valence electrons. The summed E-state index contributed by atoms with van der Waals surface area (Å²) < 4.78 is 9.95. The SMILES string of the molecule is CCCCOC(=O)C(CCO)C(=O)OCCCC. The number of esters is 2. The highest BCUT2D eigenvalue weighted by molar-refractivity contribution is 5.94. The van der Waals surface area contributed by atoms with Crippen LogP contribution in [0.3, 0.4) is 0 Å². The molecule has 0 heterocycles. The molecule has 0 aromatic rings. The molecule has 1 N–H and O–H groups in total. The first-order chi connectivity index (χ1) is 8.67. The first-order valence-corrected chi connectivity index (χ1v) is 6.61. The highest BCUT2D eigenvalue weighted by Gasteiger charge is 2.29. The van der Waals surface area contributed by atoms with Crippen molar-refractivity contribution in [1.82, 2.24) is 0 Å². The van der Waals surface area contributed by atoms with Gasteiger partial charge < -0.3 is 14.6 Å². The highest BCUT2D eigenvalue weighted by atomic mass is 16.6. The second-order valence-electron chi connectivity index (χ2n) is 4.11. The molecule has 0 bridgehead atoms. The van der Waals surface area contributed by atoms with E-state index in [1.165, 1.54) is 0 Å². The molecule has 0 fully saturated rings. The van der Waals surface area contributed by atoms with Crippen molar-refractivity contribution in [3.63, 3.8) is 0 Å². The predicted molar refractivity (Wildman–Crippen MR) is 66.9 cm³/mol. The summed E-state index contributed by atoms with van der Waals surface area (Å²) in [6.07, 6.45) is 3.42. The van der Waals surface area contributed by atoms with Crippen LogP contribution >= 0.6 is 0 Å². The van der Waals surface area contributed by atoms with Crippen molar-refractivity contribution in [2.45, 2.75) is 46.0 Å². The van der Waals surface area contributed by atoms with E-state index in [0.717, 1.165) is 25.7 Å². The zero-order valence-corrected chi connectivity index (χ0v) is 11.3. The first kappa shape index (κ1) is 16.9. The number of unbranched alkanes of at least 4 members (excludes halogenated alkanes) is 2. The Hall–Kier alpha value is -1.10. The highest BCUT2D eigenvalue weighted by Crippen LogP contribution is 2.09. The quantitative estimate of drug-likeness (QED) is 0.367. The van der Waals surface area contributed by atoms with Crippen LogP contribution in [-0.4, -0.2) is 36.9 Å². The van der Waals surface area contributed by atoms with Crippen molar-refractivity contribution in [3.05, 3.63) is 0 Å². The molecular formula is C13H24O5. The molecule has 0 saturated heterocycles. The van der Waals surface area contributed by atoms with Gasteiger partial charge in [0.2, 0.25) is 0 Å². The van der Waals surface area contributed by atoms with Gasteiger partial charge in [0, 0.05) is 6.61 Å². The van der Waals surface area contributed by atoms with Crippen LogP contribution < -0.4 is 0 Å². The molecule has 0 spiro atoms. The smallest absolute Gasteiger partial charge is 0.320 e. The maximum atomic E-state index is 11.6. The summed E-state index contributed by atoms with van der Waals surface area (Å²) in [5.41, 5.74) is 0. The van der Waals surface area contributed by atoms with E-state index >= 15 is 0 Å². The van der Waals surface area contributed by atoms with Crippen molar-refractivity contribution in [3.8, 4) is 0 Å². The van der Waals surface area contributed by atoms with E-state index in [1.54, 1.807) is 0 Å². The van der Waals surface area contributed by atoms with Gasteiger partial charge in [-0.15, -0.1) is 0 Å². The first-order valence-electron chi connectivity index (χ1n) is 6.61. The number of hydrogen-bond donors (Lipinski definition) is 1. The molecule has 0 aliphatic heterocycles. The fourth-order valence-corrected chi connectivity index (χ4v) is 1.30. The molecule has 0 rings (SSSR count). The van der Waals surface area contributed by atoms with Gasteiger partial charge in [0.25, 0.3) is 0 Å². The predicted octanol–water partition coefficient (Wildman–Crippen LogP) is 1.67. The number of hydrogen-bond acceptors (Lipinski definition) is 5. The Kier molecular flexibility index (Phi) is 10.3. The Labute approximate surface area is 108 Å². The van der Waals surface area contributed by atoms with E-state index in [9.17, 15) is 9.59 Å². The van der Waals surface area contributed by atoms with Gasteiger partial charge in [-0.3, -0.25) is 9.59 Å². The Morgan fingerprint density at radius 1 is 1.00 bits per heavy atom. The second kappa shape index (κ2) is 11.0. The van der Waals surface area contributed by atoms with Gasteiger partial charge in [-0.1, -0.05) is 26.7 Å². The Balaban J connectivity index is 4.16. The molecule has 0 aromatic heterocycles. The minimum Gasteiger partial charge on any atom is -0.465 e. The molecule has 0 atom stereocenters. The van der Waals surface area contributed by atoms with Crippen LogP contribution in [-0.2, 0) is 19.1 Å². The maximum Gasteiger partial charge on any atom is 0.320 e. The number of ether oxygens (including phenoxy) is 2. The molecule has 5 heteroatoms. The molecule has 0 amide bonds. The molecule has 0 aliphatic carbocycles. The van der Waals surface area contributed by atoms with Crippen LogP contribution in [0.2, 0.25) is 0 Å². The van der Waals surface area contributed by atoms with E-state index < -0.39 is 17.9 Å². The van der Waals surface area contributed by atoms with Crippen LogP contribution in [0.25, 0.3) is 0 Å². The van der Waals surface area contributed by atoms with Crippen LogP contribution in [0.15, 0.2) is 0 Å². The third kappa shape index (κ3) is 7.27. The lowest BCUT2D eigenvalue weighted by Gasteiger charge is -2.14. The molecule has 0 saturated carbocycles. The van der Waals surface area contributed by atoms with Gasteiger partial charge in [-0.25, -0.2) is 0 Å². The molecule has 18 heavy (non-hydrogen) atoms. The van der Waals surface area contributed by atoms with Gasteiger partial charge in [0.1, 0.15) is 0 Å². The van der Waals surface area contributed by atoms with E-state index in [0.29, 0.717) is 13.2 Å². The minimum atomic E-state index is -0.997. The topological polar surface area (TPSA) is 72.8 Å². The molecular weight excluding hydrogens is 236 g/mol. The summed E-state index contributed by atoms with van der Waals surface area (Å²) >= 11 is 0. The Bertz CT molecular complexity index is 218. The number of aliphatic hydroxyl groups is 1. The summed E-state index contributed by atoms with van der Waals surface area (Å²) in [7, 11) is 0. The lowest BCUT2D eigenvalue weighted by molar-refractivity contribution is -0.163. The van der Waals surface area contributed by atoms with Crippen molar-refractivity contribution in [2.24, 2.45) is 5.92 Å². The average Bonchev–Trinajstić information content (AvgIpc) is 2.36. The summed E-state index contributed by atoms with van der Waals surface area (Å²) in [5, 5.41) is 8.86. The minimum absolute atomic E-state index is 0.0515. The lowest BCUT2D eigenvalue weighted by atomic mass is 10.1. The maximum absolute atomic E-state index is 11.6. The fraction of sp³-hybridized carbons (Fsp3) is 0.846. The van der Waals surface area contributed by atoms with Crippen LogP contribution in [0.1, 0.15) is 46.0 Å². The Morgan fingerprint density at radius 3 is 1.78 bits per heavy atom. The van der Waals surface area contributed by atoms with Crippen molar-refractivity contribution >= 4 is 11.9 Å². The normalized spacial score (nSPS) is 10.4. The number of carbonyl (C=O) groups excluding carboxylic acids is 2. The zero-order valence-electron chi connectivity index (χ0n) is 11.3. The van der Waals surface area contributed by atoms with Crippen LogP contribution in [0, 0.1) is 5.92 Å². The second-order valence-corrected chi connectivity index (χ2v) is 4.11. The third-order valence-electron chi connectivity index (χ3n) is 2.47. The van der Waals surface area contributed by atoms with Crippen LogP contribution in [0.5, 0.6) is 0 Å². The van der Waals surface area contributed by atoms with E-state index in [-0.39, 0.29) is 13.0 Å². The van der Waals surface area contributed by atoms with Gasteiger partial charge in [-0.2, -0.15) is 0 Å². The van der Waals surface area contributed by atoms with Gasteiger partial charge in [0.05, 0.1) is 13.2 Å². The number of carbonyl (C=O) groups is 2. The van der Waals surface area contributed by atoms with Crippen LogP contribution in [0.4, 0.5) is 0 Å². The van der Waals surface area contributed by atoms with Gasteiger partial charge >= 0.3 is 11.9 Å². The molecule has 0 aliphatic rings. The molecule has 0 radical (unpaired) electrons. The average molecular weight is 260 g/mol.